The van der Waals surface area contributed by atoms with Crippen molar-refractivity contribution in [2.75, 3.05) is 50.7 Å². The summed E-state index contributed by atoms with van der Waals surface area (Å²) in [5.41, 5.74) is 18.5. The van der Waals surface area contributed by atoms with Gasteiger partial charge in [-0.15, -0.1) is 9.45 Å². The fourth-order valence-corrected chi connectivity index (χ4v) is 20.6. The molecule has 736 valence electrons. The molecule has 0 spiro atoms. The van der Waals surface area contributed by atoms with E-state index in [2.05, 4.69) is 46.0 Å². The van der Waals surface area contributed by atoms with Crippen LogP contribution in [0.4, 0.5) is 45.5 Å². The van der Waals surface area contributed by atoms with Crippen molar-refractivity contribution in [2.45, 2.75) is 231 Å². The summed E-state index contributed by atoms with van der Waals surface area (Å²) in [4.78, 5) is 153. The van der Waals surface area contributed by atoms with Gasteiger partial charge >= 0.3 is 0 Å². The number of nitrogens with zero attached hydrogens (tertiary/aromatic N) is 6. The van der Waals surface area contributed by atoms with Crippen molar-refractivity contribution < 1.29 is 76.4 Å². The number of ether oxygens (including phenoxy) is 6. The van der Waals surface area contributed by atoms with Crippen LogP contribution in [0, 0.1) is 25.7 Å². The molecule has 18 rings (SSSR count). The van der Waals surface area contributed by atoms with Crippen molar-refractivity contribution in [3.8, 4) is 34.5 Å². The van der Waals surface area contributed by atoms with Gasteiger partial charge in [-0.05, 0) is 249 Å². The number of hydrogen-bond acceptors (Lipinski definition) is 20. The lowest BCUT2D eigenvalue weighted by Gasteiger charge is -2.24. The topological polar surface area (TPSA) is 312 Å². The SMILES string of the molecule is COc1cc2c(cc1OCc1cc(COc3cc4c(cc3C)C(=O)N3c5ccccc5C[C@H]3C=N4)cc(NC(=O)[C@H](C)CC(=O)[C@H](C)NC(=O)CCC(C)(C)S(C)=S)c1)CC[C@@H]1Cc3ccccc3N1C2=O.COc1cc2c(cc1OCc1cc(COc3cc4c(cc3C)C(=O)N3c5ccccc5C[C@H]3C=N4)cc(NC(=O)[C@H](C)CC(=O)[C@H](C)NC(=O)CCC(C)(C)S)c1)CC[C@@H]1Cc3ccccc3N1C2=O. The minimum absolute atomic E-state index is 0.0573. The first kappa shape index (κ1) is 99.9. The van der Waals surface area contributed by atoms with Gasteiger partial charge in [0.2, 0.25) is 23.6 Å². The van der Waals surface area contributed by atoms with Crippen LogP contribution in [0.3, 0.4) is 0 Å². The second-order valence-electron chi connectivity index (χ2n) is 39.7. The number of carbonyl (C=O) groups excluding carboxylic acids is 10. The molecule has 10 aromatic carbocycles. The molecule has 0 aliphatic carbocycles. The first-order valence-corrected chi connectivity index (χ1v) is 51.6. The quantitative estimate of drug-likeness (QED) is 0.0239. The molecule has 8 amide bonds. The Labute approximate surface area is 840 Å². The number of amides is 8. The van der Waals surface area contributed by atoms with Crippen molar-refractivity contribution >= 4 is 150 Å². The zero-order valence-electron chi connectivity index (χ0n) is 82.3. The van der Waals surface area contributed by atoms with Crippen molar-refractivity contribution in [3.63, 3.8) is 0 Å². The molecule has 10 aromatic rings. The Hall–Kier alpha value is -13.6. The maximum absolute atomic E-state index is 14.1. The maximum atomic E-state index is 14.1. The summed E-state index contributed by atoms with van der Waals surface area (Å²) >= 11 is 9.95. The van der Waals surface area contributed by atoms with Gasteiger partial charge in [0.25, 0.3) is 23.6 Å². The highest BCUT2D eigenvalue weighted by Crippen LogP contribution is 2.47. The number of benzene rings is 10. The number of carbonyl (C=O) groups is 10. The number of hydrogen-bond donors (Lipinski definition) is 5. The number of aliphatic imine (C=N–C) groups is 2. The monoisotopic (exact) mass is 1970 g/mol. The summed E-state index contributed by atoms with van der Waals surface area (Å²) in [5, 5.41) is 11.6. The second kappa shape index (κ2) is 42.3. The van der Waals surface area contributed by atoms with Gasteiger partial charge in [0.1, 0.15) is 37.9 Å². The molecule has 142 heavy (non-hydrogen) atoms. The third-order valence-corrected chi connectivity index (χ3v) is 31.5. The molecular weight excluding hydrogens is 1850 g/mol. The van der Waals surface area contributed by atoms with E-state index in [1.807, 2.05) is 225 Å². The third kappa shape index (κ3) is 22.0. The minimum Gasteiger partial charge on any atom is -0.493 e. The second-order valence-corrected chi connectivity index (χ2v) is 44.4. The van der Waals surface area contributed by atoms with Crippen LogP contribution in [0.2, 0.25) is 0 Å². The highest BCUT2D eigenvalue weighted by molar-refractivity contribution is 8.29. The number of methoxy groups -OCH3 is 2. The van der Waals surface area contributed by atoms with E-state index in [9.17, 15) is 47.9 Å². The number of nitrogens with one attached hydrogen (secondary N) is 4. The summed E-state index contributed by atoms with van der Waals surface area (Å²) < 4.78 is 37.1. The molecular formula is C113H120N10O16S3. The van der Waals surface area contributed by atoms with Crippen LogP contribution in [0.5, 0.6) is 34.5 Å². The predicted molar refractivity (Wildman–Crippen MR) is 561 cm³/mol. The number of ketones is 2. The molecule has 0 saturated heterocycles. The van der Waals surface area contributed by atoms with Crippen LogP contribution in [-0.4, -0.2) is 137 Å². The van der Waals surface area contributed by atoms with Crippen LogP contribution < -0.4 is 69.3 Å². The van der Waals surface area contributed by atoms with Gasteiger partial charge in [0.05, 0.1) is 60.9 Å². The minimum atomic E-state index is -0.769. The Bertz CT molecular complexity index is 6800. The van der Waals surface area contributed by atoms with E-state index in [0.717, 1.165) is 81.8 Å². The number of Topliss-reactive ketones (excluding diaryl/α,β-unsaturated/α-hetero) is 2. The Kier molecular flexibility index (Phi) is 29.7. The van der Waals surface area contributed by atoms with Gasteiger partial charge < -0.3 is 59.5 Å². The van der Waals surface area contributed by atoms with Crippen molar-refractivity contribution in [3.05, 3.63) is 271 Å². The number of anilines is 6. The fraction of sp³-hybridized carbons (Fsp3) is 0.363. The molecule has 8 heterocycles. The number of fused-ring (bicyclic) bond motifs is 16. The molecule has 9 atom stereocenters. The molecule has 0 radical (unpaired) electrons. The van der Waals surface area contributed by atoms with Gasteiger partial charge in [-0.3, -0.25) is 67.7 Å². The zero-order valence-corrected chi connectivity index (χ0v) is 84.8. The van der Waals surface area contributed by atoms with Crippen LogP contribution in [0.25, 0.3) is 0 Å². The molecule has 0 aromatic heterocycles. The Morgan fingerprint density at radius 2 is 0.782 bits per heavy atom. The molecule has 1 unspecified atom stereocenters. The summed E-state index contributed by atoms with van der Waals surface area (Å²) in [6.45, 7) is 18.7. The molecule has 8 aliphatic heterocycles. The Morgan fingerprint density at radius 3 is 1.15 bits per heavy atom. The largest absolute Gasteiger partial charge is 0.493 e. The summed E-state index contributed by atoms with van der Waals surface area (Å²) in [5.74, 6) is -0.612. The van der Waals surface area contributed by atoms with Gasteiger partial charge in [-0.1, -0.05) is 126 Å². The molecule has 0 saturated carbocycles. The highest BCUT2D eigenvalue weighted by atomic mass is 32.8. The number of rotatable bonds is 33. The van der Waals surface area contributed by atoms with Gasteiger partial charge in [0.15, 0.2) is 34.6 Å². The van der Waals surface area contributed by atoms with Crippen LogP contribution in [-0.2, 0) is 114 Å². The average Bonchev–Trinajstić information content (AvgIpc) is 1.62. The van der Waals surface area contributed by atoms with Gasteiger partial charge in [-0.25, -0.2) is 0 Å². The van der Waals surface area contributed by atoms with E-state index in [0.29, 0.717) is 140 Å². The molecule has 4 N–H and O–H groups in total. The fourth-order valence-electron chi connectivity index (χ4n) is 19.9. The van der Waals surface area contributed by atoms with E-state index < -0.39 is 23.9 Å². The van der Waals surface area contributed by atoms with Crippen LogP contribution >= 0.6 is 12.6 Å². The standard InChI is InChI=1S/C57H61N5O8S2.C56H59N5O8S/c1-33-20-45-46(58-30-43-26-40-13-9-11-15-48(40)62(43)56(45)67)29-50(33)69-31-36-22-37(24-41(23-36)60-54(65)34(2)21-49(63)35(3)59-53(64)18-19-57(4,5)72(7)71)32-70-52-27-38-16-17-42-25-39-12-8-10-14-47(39)61(42)55(66)44(38)28-51(52)68-6;1-32-19-44-45(57-29-42-25-39-12-8-10-14-47(39)61(42)55(44)66)28-49(32)68-30-35-21-36(23-40(22-35)59-53(64)33(2)20-48(62)34(3)58-52(63)17-18-56(4,5)70)31-69-51-26-37-15-16-41-24-38-11-7-9-13-46(38)60(41)54(65)43(37)27-50(51)67-6/h8-15,20,22-24,27-30,34-35,42-43H,16-19,21,25-26,31-32H2,1-7H3,(H,59,64)(H,60,65);7-14,19,21-23,26-29,33-34,41-42,70H,15-18,20,24-25,30-31H2,1-6H3,(H,58,63)(H,59,64)/t34-,35+,42-,43+,72?;33-,34+,41-,42+/m11/s1. The van der Waals surface area contributed by atoms with E-state index >= 15 is 0 Å². The molecule has 26 nitrogen and oxygen atoms in total. The number of para-hydroxylation sites is 4. The lowest BCUT2D eigenvalue weighted by molar-refractivity contribution is -0.129. The van der Waals surface area contributed by atoms with Crippen molar-refractivity contribution in [1.82, 2.24) is 10.6 Å². The molecule has 8 aliphatic rings. The van der Waals surface area contributed by atoms with Gasteiger partial charge in [-0.2, -0.15) is 12.6 Å². The first-order valence-electron chi connectivity index (χ1n) is 48.5. The average molecular weight is 1970 g/mol. The van der Waals surface area contributed by atoms with E-state index in [1.165, 1.54) is 11.1 Å². The first-order chi connectivity index (χ1) is 68.0. The summed E-state index contributed by atoms with van der Waals surface area (Å²) in [7, 11) is 2.81. The lowest BCUT2D eigenvalue weighted by atomic mass is 9.99. The molecule has 0 fully saturated rings. The summed E-state index contributed by atoms with van der Waals surface area (Å²) in [6, 6.07) is 55.9. The normalized spacial score (nSPS) is 17.6. The van der Waals surface area contributed by atoms with E-state index in [4.69, 9.17) is 49.6 Å². The van der Waals surface area contributed by atoms with E-state index in [-0.39, 0.29) is 154 Å². The number of thiol groups is 1. The van der Waals surface area contributed by atoms with Crippen LogP contribution in [0.1, 0.15) is 215 Å². The maximum Gasteiger partial charge on any atom is 0.261 e. The summed E-state index contributed by atoms with van der Waals surface area (Å²) in [6.07, 6.45) is 13.1. The zero-order chi connectivity index (χ0) is 100. The molecule has 29 heteroatoms. The smallest absolute Gasteiger partial charge is 0.261 e. The Morgan fingerprint density at radius 1 is 0.437 bits per heavy atom. The number of aryl methyl sites for hydroxylation is 4. The Balaban J connectivity index is 0.000000195. The van der Waals surface area contributed by atoms with Crippen LogP contribution in [0.15, 0.2) is 192 Å². The van der Waals surface area contributed by atoms with Gasteiger partial charge in [0, 0.05) is 142 Å². The molecule has 0 bridgehead atoms. The highest BCUT2D eigenvalue weighted by Gasteiger charge is 2.43. The predicted octanol–water partition coefficient (Wildman–Crippen LogP) is 18.8. The third-order valence-electron chi connectivity index (χ3n) is 28.1. The van der Waals surface area contributed by atoms with Crippen molar-refractivity contribution in [1.29, 1.82) is 0 Å². The van der Waals surface area contributed by atoms with E-state index in [1.54, 1.807) is 66.2 Å². The lowest BCUT2D eigenvalue weighted by Crippen LogP contribution is -2.40. The van der Waals surface area contributed by atoms with Crippen molar-refractivity contribution in [2.24, 2.45) is 21.8 Å².